The Bertz CT molecular complexity index is 351. The van der Waals surface area contributed by atoms with Crippen molar-refractivity contribution < 1.29 is 4.74 Å². The zero-order valence-electron chi connectivity index (χ0n) is 8.22. The van der Waals surface area contributed by atoms with Gasteiger partial charge in [-0.25, -0.2) is 0 Å². The Hall–Kier alpha value is -0.540. The predicted molar refractivity (Wildman–Crippen MR) is 60.5 cm³/mol. The summed E-state index contributed by atoms with van der Waals surface area (Å²) in [7, 11) is 0. The van der Waals surface area contributed by atoms with E-state index in [9.17, 15) is 0 Å². The molecule has 76 valence electrons. The first kappa shape index (κ1) is 9.99. The van der Waals surface area contributed by atoms with Crippen LogP contribution in [0.25, 0.3) is 0 Å². The molecule has 1 aromatic rings. The molecule has 2 rings (SSSR count). The molecule has 2 N–H and O–H groups in total. The van der Waals surface area contributed by atoms with Gasteiger partial charge in [0.15, 0.2) is 0 Å². The first-order chi connectivity index (χ1) is 6.70. The molecule has 1 aliphatic heterocycles. The van der Waals surface area contributed by atoms with Crippen LogP contribution in [0.2, 0.25) is 0 Å². The molecular formula is C11H14BrNO. The molecular weight excluding hydrogens is 242 g/mol. The maximum Gasteiger partial charge on any atom is 0.128 e. The zero-order chi connectivity index (χ0) is 10.1. The van der Waals surface area contributed by atoms with E-state index in [1.54, 1.807) is 0 Å². The number of benzene rings is 1. The average molecular weight is 256 g/mol. The van der Waals surface area contributed by atoms with E-state index < -0.39 is 0 Å². The molecule has 1 atom stereocenters. The minimum Gasteiger partial charge on any atom is -0.493 e. The summed E-state index contributed by atoms with van der Waals surface area (Å²) in [5, 5.41) is 0. The van der Waals surface area contributed by atoms with Crippen molar-refractivity contribution in [2.45, 2.75) is 25.8 Å². The fourth-order valence-electron chi connectivity index (χ4n) is 1.84. The third-order valence-electron chi connectivity index (χ3n) is 2.62. The van der Waals surface area contributed by atoms with E-state index in [1.807, 2.05) is 6.07 Å². The van der Waals surface area contributed by atoms with E-state index >= 15 is 0 Å². The van der Waals surface area contributed by atoms with Crippen LogP contribution < -0.4 is 10.5 Å². The predicted octanol–water partition coefficient (Wildman–Crippen LogP) is 2.93. The van der Waals surface area contributed by atoms with Crippen LogP contribution in [0.3, 0.4) is 0 Å². The van der Waals surface area contributed by atoms with Gasteiger partial charge in [-0.2, -0.15) is 0 Å². The van der Waals surface area contributed by atoms with Crippen LogP contribution in [0, 0.1) is 6.92 Å². The Kier molecular flexibility index (Phi) is 2.79. The normalized spacial score (nSPS) is 20.9. The highest BCUT2D eigenvalue weighted by molar-refractivity contribution is 9.10. The van der Waals surface area contributed by atoms with Crippen molar-refractivity contribution in [3.63, 3.8) is 0 Å². The summed E-state index contributed by atoms with van der Waals surface area (Å²) >= 11 is 3.53. The Morgan fingerprint density at radius 1 is 1.50 bits per heavy atom. The maximum atomic E-state index is 6.11. The van der Waals surface area contributed by atoms with Gasteiger partial charge in [-0.15, -0.1) is 0 Å². The average Bonchev–Trinajstić information content (AvgIpc) is 2.35. The van der Waals surface area contributed by atoms with Gasteiger partial charge in [-0.3, -0.25) is 0 Å². The van der Waals surface area contributed by atoms with Gasteiger partial charge in [-0.1, -0.05) is 22.0 Å². The molecule has 0 bridgehead atoms. The van der Waals surface area contributed by atoms with Crippen LogP contribution in [0.15, 0.2) is 16.6 Å². The fourth-order valence-corrected chi connectivity index (χ4v) is 2.45. The SMILES string of the molecule is Cc1ccc(Br)c2c1OCCCC2N. The highest BCUT2D eigenvalue weighted by Crippen LogP contribution is 2.37. The number of aryl methyl sites for hydroxylation is 1. The fraction of sp³-hybridized carbons (Fsp3) is 0.455. The molecule has 1 unspecified atom stereocenters. The number of hydrogen-bond acceptors (Lipinski definition) is 2. The van der Waals surface area contributed by atoms with Gasteiger partial charge >= 0.3 is 0 Å². The van der Waals surface area contributed by atoms with E-state index in [4.69, 9.17) is 10.5 Å². The summed E-state index contributed by atoms with van der Waals surface area (Å²) in [6, 6.07) is 4.20. The van der Waals surface area contributed by atoms with Crippen molar-refractivity contribution >= 4 is 15.9 Å². The molecule has 3 heteroatoms. The number of fused-ring (bicyclic) bond motifs is 1. The standard InChI is InChI=1S/C11H14BrNO/c1-7-4-5-8(12)10-9(13)3-2-6-14-11(7)10/h4-5,9H,2-3,6,13H2,1H3. The highest BCUT2D eigenvalue weighted by atomic mass is 79.9. The number of ether oxygens (including phenoxy) is 1. The molecule has 0 saturated heterocycles. The van der Waals surface area contributed by atoms with Gasteiger partial charge < -0.3 is 10.5 Å². The van der Waals surface area contributed by atoms with Crippen LogP contribution in [0.5, 0.6) is 5.75 Å². The lowest BCUT2D eigenvalue weighted by Gasteiger charge is -2.15. The minimum atomic E-state index is 0.0989. The van der Waals surface area contributed by atoms with Crippen molar-refractivity contribution in [1.29, 1.82) is 0 Å². The Balaban J connectivity index is 2.57. The summed E-state index contributed by atoms with van der Waals surface area (Å²) in [4.78, 5) is 0. The lowest BCUT2D eigenvalue weighted by molar-refractivity contribution is 0.314. The second-order valence-corrected chi connectivity index (χ2v) is 4.56. The maximum absolute atomic E-state index is 6.11. The molecule has 0 fully saturated rings. The smallest absolute Gasteiger partial charge is 0.128 e. The molecule has 0 aliphatic carbocycles. The van der Waals surface area contributed by atoms with Crippen molar-refractivity contribution in [2.75, 3.05) is 6.61 Å². The number of rotatable bonds is 0. The largest absolute Gasteiger partial charge is 0.493 e. The van der Waals surface area contributed by atoms with Gasteiger partial charge in [0.2, 0.25) is 0 Å². The van der Waals surface area contributed by atoms with Crippen molar-refractivity contribution in [1.82, 2.24) is 0 Å². The second-order valence-electron chi connectivity index (χ2n) is 3.70. The first-order valence-electron chi connectivity index (χ1n) is 4.87. The molecule has 1 heterocycles. The third kappa shape index (κ3) is 1.66. The van der Waals surface area contributed by atoms with E-state index in [0.29, 0.717) is 0 Å². The Morgan fingerprint density at radius 3 is 3.07 bits per heavy atom. The lowest BCUT2D eigenvalue weighted by atomic mass is 10.0. The highest BCUT2D eigenvalue weighted by Gasteiger charge is 2.20. The quantitative estimate of drug-likeness (QED) is 0.774. The summed E-state index contributed by atoms with van der Waals surface area (Å²) in [6.07, 6.45) is 2.02. The van der Waals surface area contributed by atoms with Gasteiger partial charge in [-0.05, 0) is 31.4 Å². The van der Waals surface area contributed by atoms with E-state index in [1.165, 1.54) is 5.56 Å². The number of hydrogen-bond donors (Lipinski definition) is 1. The number of nitrogens with two attached hydrogens (primary N) is 1. The molecule has 0 amide bonds. The van der Waals surface area contributed by atoms with E-state index in [2.05, 4.69) is 28.9 Å². The molecule has 0 spiro atoms. The number of halogens is 1. The van der Waals surface area contributed by atoms with Gasteiger partial charge in [0.1, 0.15) is 5.75 Å². The van der Waals surface area contributed by atoms with Crippen molar-refractivity contribution in [2.24, 2.45) is 5.73 Å². The Morgan fingerprint density at radius 2 is 2.29 bits per heavy atom. The van der Waals surface area contributed by atoms with Crippen molar-refractivity contribution in [3.05, 3.63) is 27.7 Å². The van der Waals surface area contributed by atoms with Crippen LogP contribution >= 0.6 is 15.9 Å². The monoisotopic (exact) mass is 255 g/mol. The van der Waals surface area contributed by atoms with Gasteiger partial charge in [0.05, 0.1) is 6.61 Å². The molecule has 2 nitrogen and oxygen atoms in total. The molecule has 0 radical (unpaired) electrons. The first-order valence-corrected chi connectivity index (χ1v) is 5.67. The van der Waals surface area contributed by atoms with Gasteiger partial charge in [0, 0.05) is 16.1 Å². The van der Waals surface area contributed by atoms with Crippen LogP contribution in [-0.4, -0.2) is 6.61 Å². The van der Waals surface area contributed by atoms with Crippen LogP contribution in [0.4, 0.5) is 0 Å². The summed E-state index contributed by atoms with van der Waals surface area (Å²) in [5.74, 6) is 0.976. The second kappa shape index (κ2) is 3.91. The van der Waals surface area contributed by atoms with E-state index in [0.717, 1.165) is 35.2 Å². The lowest BCUT2D eigenvalue weighted by Crippen LogP contribution is -2.10. The summed E-state index contributed by atoms with van der Waals surface area (Å²) < 4.78 is 6.78. The molecule has 0 saturated carbocycles. The molecule has 14 heavy (non-hydrogen) atoms. The summed E-state index contributed by atoms with van der Waals surface area (Å²) in [6.45, 7) is 2.83. The Labute approximate surface area is 92.6 Å². The molecule has 1 aliphatic rings. The zero-order valence-corrected chi connectivity index (χ0v) is 9.80. The third-order valence-corrected chi connectivity index (χ3v) is 3.31. The van der Waals surface area contributed by atoms with Crippen molar-refractivity contribution in [3.8, 4) is 5.75 Å². The van der Waals surface area contributed by atoms with Crippen LogP contribution in [-0.2, 0) is 0 Å². The summed E-state index contributed by atoms with van der Waals surface area (Å²) in [5.41, 5.74) is 8.40. The molecule has 0 aromatic heterocycles. The van der Waals surface area contributed by atoms with E-state index in [-0.39, 0.29) is 6.04 Å². The topological polar surface area (TPSA) is 35.2 Å². The van der Waals surface area contributed by atoms with Gasteiger partial charge in [0.25, 0.3) is 0 Å². The molecule has 1 aromatic carbocycles. The minimum absolute atomic E-state index is 0.0989. The van der Waals surface area contributed by atoms with Crippen LogP contribution in [0.1, 0.15) is 30.0 Å².